The zero-order chi connectivity index (χ0) is 33.6. The van der Waals surface area contributed by atoms with Crippen molar-refractivity contribution >= 4 is 63.9 Å². The predicted octanol–water partition coefficient (Wildman–Crippen LogP) is -0.538. The first kappa shape index (κ1) is 31.8. The first-order valence-corrected chi connectivity index (χ1v) is 15.8. The molecule has 0 radical (unpaired) electrons. The fourth-order valence-electron chi connectivity index (χ4n) is 5.70. The van der Waals surface area contributed by atoms with E-state index >= 15 is 0 Å². The van der Waals surface area contributed by atoms with Gasteiger partial charge in [0.15, 0.2) is 23.3 Å². The number of nitrogen functional groups attached to an aromatic ring is 1. The molecule has 0 aromatic carbocycles. The molecular weight excluding hydrogens is 664 g/mol. The smallest absolute Gasteiger partial charge is 0.477 e. The molecule has 2 aromatic heterocycles. The van der Waals surface area contributed by atoms with Gasteiger partial charge in [0, 0.05) is 42.5 Å². The van der Waals surface area contributed by atoms with Gasteiger partial charge in [0.2, 0.25) is 17.4 Å². The van der Waals surface area contributed by atoms with Crippen molar-refractivity contribution in [2.45, 2.75) is 43.8 Å². The van der Waals surface area contributed by atoms with Gasteiger partial charge >= 0.3 is 17.9 Å². The van der Waals surface area contributed by atoms with Gasteiger partial charge in [-0.05, 0) is 31.4 Å². The number of allylic oxidation sites excluding steroid dienone is 1. The van der Waals surface area contributed by atoms with E-state index in [1.165, 1.54) is 29.7 Å². The number of aliphatic carboxylic acids is 1. The number of hydrogen-bond acceptors (Lipinski definition) is 16. The number of amides is 4. The summed E-state index contributed by atoms with van der Waals surface area (Å²) in [6.45, 7) is 2.14. The number of rotatable bonds is 8. The lowest BCUT2D eigenvalue weighted by molar-refractivity contribution is -0.150. The number of carboxylic acids is 1. The molecule has 3 unspecified atom stereocenters. The summed E-state index contributed by atoms with van der Waals surface area (Å²) < 4.78 is 18.6. The number of oxime groups is 1. The maximum absolute atomic E-state index is 13.4. The molecule has 3 fully saturated rings. The number of likely N-dealkylation sites (tertiary alicyclic amines) is 2. The Balaban J connectivity index is 1.09. The van der Waals surface area contributed by atoms with Crippen LogP contribution in [-0.2, 0) is 30.5 Å². The molecule has 4 aliphatic rings. The first-order valence-electron chi connectivity index (χ1n) is 14.0. The summed E-state index contributed by atoms with van der Waals surface area (Å²) in [6, 6.07) is -1.41. The van der Waals surface area contributed by atoms with Crippen molar-refractivity contribution in [2.75, 3.05) is 31.1 Å². The van der Waals surface area contributed by atoms with Crippen molar-refractivity contribution in [3.05, 3.63) is 50.9 Å². The molecule has 0 saturated carbocycles. The van der Waals surface area contributed by atoms with Gasteiger partial charge in [-0.2, -0.15) is 9.36 Å². The van der Waals surface area contributed by atoms with Crippen molar-refractivity contribution < 1.29 is 47.9 Å². The molecule has 5 N–H and O–H groups in total. The number of anilines is 1. The van der Waals surface area contributed by atoms with Gasteiger partial charge in [-0.15, -0.1) is 11.8 Å². The van der Waals surface area contributed by atoms with E-state index in [2.05, 4.69) is 19.8 Å². The fraction of sp³-hybridized carbons (Fsp3) is 0.423. The van der Waals surface area contributed by atoms with Crippen LogP contribution in [0.25, 0.3) is 0 Å². The van der Waals surface area contributed by atoms with E-state index in [1.807, 2.05) is 0 Å². The number of nitrogens with zero attached hydrogens (tertiary/aromatic N) is 6. The van der Waals surface area contributed by atoms with Gasteiger partial charge in [-0.3, -0.25) is 19.3 Å². The highest BCUT2D eigenvalue weighted by Gasteiger charge is 2.54. The average Bonchev–Trinajstić information content (AvgIpc) is 3.83. The Morgan fingerprint density at radius 2 is 2.02 bits per heavy atom. The molecule has 248 valence electrons. The number of carbonyl (C=O) groups is 5. The largest absolute Gasteiger partial charge is 0.519 e. The molecule has 4 aliphatic heterocycles. The number of thioether (sulfide) groups is 1. The second-order valence-corrected chi connectivity index (χ2v) is 12.6. The molecule has 4 amide bonds. The Kier molecular flexibility index (Phi) is 8.49. The zero-order valence-corrected chi connectivity index (χ0v) is 26.0. The Morgan fingerprint density at radius 3 is 2.68 bits per heavy atom. The monoisotopic (exact) mass is 690 g/mol. The van der Waals surface area contributed by atoms with Crippen molar-refractivity contribution in [3.63, 3.8) is 0 Å². The minimum atomic E-state index is -1.38. The van der Waals surface area contributed by atoms with Crippen LogP contribution in [0.2, 0.25) is 0 Å². The SMILES string of the molecule is Cc1oc(=O)oc1COC(=O)N1CCC(N2CC/C(=C/C3=C(C(=O)O)N4C(=O)C(NC(=O)/C(=N/O)c5nsc(N)n5)C4SC3)C2=O)C1. The lowest BCUT2D eigenvalue weighted by atomic mass is 10.0. The van der Waals surface area contributed by atoms with E-state index in [0.717, 1.165) is 16.4 Å². The van der Waals surface area contributed by atoms with E-state index in [0.29, 0.717) is 31.5 Å². The van der Waals surface area contributed by atoms with Crippen LogP contribution in [0.1, 0.15) is 30.2 Å². The summed E-state index contributed by atoms with van der Waals surface area (Å²) in [5.41, 5.74) is 5.29. The highest BCUT2D eigenvalue weighted by molar-refractivity contribution is 8.00. The van der Waals surface area contributed by atoms with Crippen LogP contribution in [0.3, 0.4) is 0 Å². The van der Waals surface area contributed by atoms with Crippen LogP contribution in [0.15, 0.2) is 41.7 Å². The summed E-state index contributed by atoms with van der Waals surface area (Å²) >= 11 is 1.97. The van der Waals surface area contributed by atoms with Crippen molar-refractivity contribution in [1.82, 2.24) is 29.4 Å². The number of nitrogens with two attached hydrogens (primary N) is 1. The third kappa shape index (κ3) is 5.93. The van der Waals surface area contributed by atoms with Crippen LogP contribution in [0.4, 0.5) is 9.93 Å². The molecule has 6 rings (SSSR count). The molecule has 3 saturated heterocycles. The van der Waals surface area contributed by atoms with Crippen molar-refractivity contribution in [2.24, 2.45) is 5.16 Å². The molecule has 0 spiro atoms. The van der Waals surface area contributed by atoms with Gasteiger partial charge in [-0.25, -0.2) is 14.4 Å². The summed E-state index contributed by atoms with van der Waals surface area (Å²) in [4.78, 5) is 83.2. The van der Waals surface area contributed by atoms with E-state index in [9.17, 15) is 39.1 Å². The quantitative estimate of drug-likeness (QED) is 0.0891. The number of carboxylic acid groups (broad SMARTS) is 1. The molecule has 6 heterocycles. The van der Waals surface area contributed by atoms with Crippen LogP contribution < -0.4 is 16.9 Å². The summed E-state index contributed by atoms with van der Waals surface area (Å²) in [5, 5.41) is 24.0. The van der Waals surface area contributed by atoms with Crippen molar-refractivity contribution in [3.8, 4) is 0 Å². The van der Waals surface area contributed by atoms with E-state index in [-0.39, 0.29) is 64.6 Å². The summed E-state index contributed by atoms with van der Waals surface area (Å²) in [5.74, 6) is -4.02. The summed E-state index contributed by atoms with van der Waals surface area (Å²) in [6.07, 6.45) is 1.68. The van der Waals surface area contributed by atoms with Crippen molar-refractivity contribution in [1.29, 1.82) is 0 Å². The number of hydrogen-bond donors (Lipinski definition) is 4. The third-order valence-electron chi connectivity index (χ3n) is 7.99. The number of β-lactam (4-membered cyclic amide) rings is 1. The lowest BCUT2D eigenvalue weighted by Gasteiger charge is -2.49. The maximum Gasteiger partial charge on any atom is 0.519 e. The molecule has 0 aliphatic carbocycles. The Labute approximate surface area is 271 Å². The standard InChI is InChI=1S/C26H26N8O11S2/c1-10-14(45-26(41)44-10)8-43-25(40)32-4-3-13(7-32)33-5-2-11(20(33)36)6-12-9-46-22-16(21(37)34(22)17(12)23(38)39)28-19(35)15(30-42)18-29-24(27)47-31-18/h6,13,16,22,42H,2-5,7-9H2,1H3,(H,28,35)(H,38,39)(H2,27,29,31)/b11-6-,30-15+. The van der Waals surface area contributed by atoms with Crippen LogP contribution in [0, 0.1) is 6.92 Å². The second-order valence-electron chi connectivity index (χ2n) is 10.7. The van der Waals surface area contributed by atoms with Gasteiger partial charge in [0.05, 0.1) is 6.04 Å². The lowest BCUT2D eigenvalue weighted by Crippen LogP contribution is -2.71. The Morgan fingerprint density at radius 1 is 1.23 bits per heavy atom. The molecule has 3 atom stereocenters. The van der Waals surface area contributed by atoms with Gasteiger partial charge in [0.25, 0.3) is 11.8 Å². The number of nitrogens with one attached hydrogen (secondary N) is 1. The average molecular weight is 691 g/mol. The minimum absolute atomic E-state index is 0.0324. The number of carbonyl (C=O) groups excluding carboxylic acids is 4. The van der Waals surface area contributed by atoms with Crippen LogP contribution in [-0.4, -0.2) is 113 Å². The fourth-order valence-corrected chi connectivity index (χ4v) is 7.44. The zero-order valence-electron chi connectivity index (χ0n) is 24.4. The number of aromatic nitrogens is 2. The van der Waals surface area contributed by atoms with Crippen LogP contribution >= 0.6 is 23.3 Å². The molecule has 21 heteroatoms. The molecular formula is C26H26N8O11S2. The maximum atomic E-state index is 13.4. The number of aryl methyl sites for hydroxylation is 1. The van der Waals surface area contributed by atoms with Crippen LogP contribution in [0.5, 0.6) is 0 Å². The normalized spacial score (nSPS) is 23.8. The topological polar surface area (TPSA) is 264 Å². The molecule has 47 heavy (non-hydrogen) atoms. The van der Waals surface area contributed by atoms with E-state index in [1.54, 1.807) is 4.90 Å². The van der Waals surface area contributed by atoms with Gasteiger partial charge in [0.1, 0.15) is 17.1 Å². The third-order valence-corrected chi connectivity index (χ3v) is 9.83. The Hall–Kier alpha value is -5.18. The van der Waals surface area contributed by atoms with Gasteiger partial charge in [-0.1, -0.05) is 5.16 Å². The van der Waals surface area contributed by atoms with E-state index in [4.69, 9.17) is 19.3 Å². The Bertz CT molecular complexity index is 1830. The number of ether oxygens (including phenoxy) is 1. The van der Waals surface area contributed by atoms with Gasteiger partial charge < -0.3 is 44.7 Å². The predicted molar refractivity (Wildman–Crippen MR) is 159 cm³/mol. The van der Waals surface area contributed by atoms with E-state index < -0.39 is 46.8 Å². The number of fused-ring (bicyclic) bond motifs is 1. The molecule has 2 aromatic rings. The highest BCUT2D eigenvalue weighted by atomic mass is 32.2. The first-order chi connectivity index (χ1) is 22.5. The highest BCUT2D eigenvalue weighted by Crippen LogP contribution is 2.41. The molecule has 19 nitrogen and oxygen atoms in total. The summed E-state index contributed by atoms with van der Waals surface area (Å²) in [7, 11) is 0. The molecule has 0 bridgehead atoms. The second kappa shape index (κ2) is 12.5. The minimum Gasteiger partial charge on any atom is -0.477 e.